The van der Waals surface area contributed by atoms with Gasteiger partial charge in [-0.3, -0.25) is 4.79 Å². The standard InChI is InChI=1S/C17H16FNO3/c1-2-15(17(21)22)19-10-9-13(11-16(19)20)4-3-12-5-7-14(18)8-6-12/h3-11,15H,2H2,1H3,(H,21,22)/b4-3+. The molecule has 0 aliphatic rings. The van der Waals surface area contributed by atoms with Crippen molar-refractivity contribution in [2.45, 2.75) is 19.4 Å². The van der Waals surface area contributed by atoms with Crippen LogP contribution in [0.4, 0.5) is 4.39 Å². The van der Waals surface area contributed by atoms with Gasteiger partial charge in [-0.2, -0.15) is 0 Å². The highest BCUT2D eigenvalue weighted by Crippen LogP contribution is 2.11. The summed E-state index contributed by atoms with van der Waals surface area (Å²) < 4.78 is 14.0. The van der Waals surface area contributed by atoms with E-state index < -0.39 is 12.0 Å². The molecule has 0 saturated carbocycles. The summed E-state index contributed by atoms with van der Waals surface area (Å²) in [5.41, 5.74) is 1.10. The van der Waals surface area contributed by atoms with Crippen LogP contribution in [0.1, 0.15) is 30.5 Å². The van der Waals surface area contributed by atoms with E-state index in [2.05, 4.69) is 0 Å². The van der Waals surface area contributed by atoms with E-state index in [0.29, 0.717) is 12.0 Å². The highest BCUT2D eigenvalue weighted by molar-refractivity contribution is 5.72. The Bertz CT molecular complexity index is 747. The average molecular weight is 301 g/mol. The van der Waals surface area contributed by atoms with E-state index in [9.17, 15) is 14.0 Å². The molecule has 1 aromatic carbocycles. The number of carboxylic acid groups (broad SMARTS) is 1. The number of carbonyl (C=O) groups is 1. The maximum atomic E-state index is 12.8. The van der Waals surface area contributed by atoms with E-state index in [1.807, 2.05) is 0 Å². The van der Waals surface area contributed by atoms with E-state index in [4.69, 9.17) is 5.11 Å². The lowest BCUT2D eigenvalue weighted by Gasteiger charge is -2.13. The van der Waals surface area contributed by atoms with Crippen molar-refractivity contribution in [1.29, 1.82) is 0 Å². The fourth-order valence-corrected chi connectivity index (χ4v) is 2.12. The minimum atomic E-state index is -1.03. The van der Waals surface area contributed by atoms with Gasteiger partial charge in [0.25, 0.3) is 5.56 Å². The number of carboxylic acids is 1. The number of pyridine rings is 1. The van der Waals surface area contributed by atoms with Crippen LogP contribution in [-0.4, -0.2) is 15.6 Å². The zero-order valence-corrected chi connectivity index (χ0v) is 12.1. The largest absolute Gasteiger partial charge is 0.480 e. The molecule has 1 atom stereocenters. The van der Waals surface area contributed by atoms with Crippen molar-refractivity contribution in [3.8, 4) is 0 Å². The fourth-order valence-electron chi connectivity index (χ4n) is 2.12. The Morgan fingerprint density at radius 2 is 1.86 bits per heavy atom. The number of nitrogens with zero attached hydrogens (tertiary/aromatic N) is 1. The van der Waals surface area contributed by atoms with Gasteiger partial charge in [0.05, 0.1) is 0 Å². The number of halogens is 1. The molecule has 1 unspecified atom stereocenters. The fraction of sp³-hybridized carbons (Fsp3) is 0.176. The summed E-state index contributed by atoms with van der Waals surface area (Å²) in [6, 6.07) is 8.17. The van der Waals surface area contributed by atoms with E-state index in [0.717, 1.165) is 5.56 Å². The van der Waals surface area contributed by atoms with E-state index >= 15 is 0 Å². The molecular formula is C17H16FNO3. The summed E-state index contributed by atoms with van der Waals surface area (Å²) in [6.07, 6.45) is 5.29. The Morgan fingerprint density at radius 3 is 2.41 bits per heavy atom. The van der Waals surface area contributed by atoms with Crippen molar-refractivity contribution >= 4 is 18.1 Å². The Kier molecular flexibility index (Phi) is 4.88. The van der Waals surface area contributed by atoms with Crippen molar-refractivity contribution in [3.63, 3.8) is 0 Å². The van der Waals surface area contributed by atoms with E-state index in [1.54, 1.807) is 37.3 Å². The molecule has 0 amide bonds. The van der Waals surface area contributed by atoms with Crippen LogP contribution in [0.25, 0.3) is 12.2 Å². The van der Waals surface area contributed by atoms with Crippen molar-refractivity contribution in [1.82, 2.24) is 4.57 Å². The summed E-state index contributed by atoms with van der Waals surface area (Å²) in [5.74, 6) is -1.33. The van der Waals surface area contributed by atoms with Gasteiger partial charge in [0.15, 0.2) is 0 Å². The SMILES string of the molecule is CCC(C(=O)O)n1ccc(/C=C/c2ccc(F)cc2)cc1=O. The first-order valence-electron chi connectivity index (χ1n) is 6.90. The molecule has 0 spiro atoms. The summed E-state index contributed by atoms with van der Waals surface area (Å²) in [6.45, 7) is 1.72. The number of hydrogen-bond acceptors (Lipinski definition) is 2. The molecule has 0 radical (unpaired) electrons. The molecule has 114 valence electrons. The Labute approximate surface area is 127 Å². The van der Waals surface area contributed by atoms with Crippen molar-refractivity contribution in [3.05, 3.63) is 69.9 Å². The van der Waals surface area contributed by atoms with Crippen LogP contribution in [0.5, 0.6) is 0 Å². The van der Waals surface area contributed by atoms with E-state index in [-0.39, 0.29) is 11.4 Å². The molecule has 1 aromatic heterocycles. The van der Waals surface area contributed by atoms with Gasteiger partial charge in [-0.1, -0.05) is 31.2 Å². The first-order chi connectivity index (χ1) is 10.5. The first kappa shape index (κ1) is 15.7. The molecule has 1 N–H and O–H groups in total. The van der Waals surface area contributed by atoms with Gasteiger partial charge in [0, 0.05) is 12.3 Å². The minimum absolute atomic E-state index is 0.306. The second-order valence-electron chi connectivity index (χ2n) is 4.85. The average Bonchev–Trinajstić information content (AvgIpc) is 2.49. The van der Waals surface area contributed by atoms with Gasteiger partial charge >= 0.3 is 5.97 Å². The quantitative estimate of drug-likeness (QED) is 0.922. The van der Waals surface area contributed by atoms with Crippen molar-refractivity contribution in [2.24, 2.45) is 0 Å². The molecule has 0 aliphatic carbocycles. The third kappa shape index (κ3) is 3.69. The Hall–Kier alpha value is -2.69. The third-order valence-electron chi connectivity index (χ3n) is 3.32. The monoisotopic (exact) mass is 301 g/mol. The van der Waals surface area contributed by atoms with Crippen LogP contribution < -0.4 is 5.56 Å². The second-order valence-corrected chi connectivity index (χ2v) is 4.85. The summed E-state index contributed by atoms with van der Waals surface area (Å²) in [7, 11) is 0. The molecule has 4 nitrogen and oxygen atoms in total. The van der Waals surface area contributed by atoms with Gasteiger partial charge in [0.1, 0.15) is 11.9 Å². The summed E-state index contributed by atoms with van der Waals surface area (Å²) in [5, 5.41) is 9.09. The minimum Gasteiger partial charge on any atom is -0.480 e. The van der Waals surface area contributed by atoms with Crippen LogP contribution >= 0.6 is 0 Å². The lowest BCUT2D eigenvalue weighted by Crippen LogP contribution is -2.28. The zero-order chi connectivity index (χ0) is 16.1. The molecule has 0 saturated heterocycles. The second kappa shape index (κ2) is 6.85. The normalized spacial score (nSPS) is 12.5. The number of benzene rings is 1. The molecule has 2 rings (SSSR count). The molecule has 0 aliphatic heterocycles. The van der Waals surface area contributed by atoms with Gasteiger partial charge in [-0.05, 0) is 35.7 Å². The van der Waals surface area contributed by atoms with Gasteiger partial charge in [0.2, 0.25) is 0 Å². The third-order valence-corrected chi connectivity index (χ3v) is 3.32. The van der Waals surface area contributed by atoms with Crippen molar-refractivity contribution < 1.29 is 14.3 Å². The lowest BCUT2D eigenvalue weighted by atomic mass is 10.1. The molecule has 1 heterocycles. The van der Waals surface area contributed by atoms with Crippen LogP contribution in [-0.2, 0) is 4.79 Å². The van der Waals surface area contributed by atoms with E-state index in [1.165, 1.54) is 29.0 Å². The van der Waals surface area contributed by atoms with Crippen LogP contribution in [0.2, 0.25) is 0 Å². The van der Waals surface area contributed by atoms with Gasteiger partial charge < -0.3 is 9.67 Å². The molecule has 5 heteroatoms. The van der Waals surface area contributed by atoms with Crippen LogP contribution in [0.3, 0.4) is 0 Å². The topological polar surface area (TPSA) is 59.3 Å². The Balaban J connectivity index is 2.24. The smallest absolute Gasteiger partial charge is 0.326 e. The summed E-state index contributed by atoms with van der Waals surface area (Å²) >= 11 is 0. The molecule has 0 fully saturated rings. The maximum absolute atomic E-state index is 12.8. The molecule has 22 heavy (non-hydrogen) atoms. The lowest BCUT2D eigenvalue weighted by molar-refractivity contribution is -0.141. The molecule has 0 bridgehead atoms. The summed E-state index contributed by atoms with van der Waals surface area (Å²) in [4.78, 5) is 23.1. The highest BCUT2D eigenvalue weighted by atomic mass is 19.1. The Morgan fingerprint density at radius 1 is 1.23 bits per heavy atom. The number of rotatable bonds is 5. The molecular weight excluding hydrogens is 285 g/mol. The van der Waals surface area contributed by atoms with Crippen LogP contribution in [0, 0.1) is 5.82 Å². The van der Waals surface area contributed by atoms with Gasteiger partial charge in [-0.15, -0.1) is 0 Å². The van der Waals surface area contributed by atoms with Crippen molar-refractivity contribution in [2.75, 3.05) is 0 Å². The number of aromatic nitrogens is 1. The predicted octanol–water partition coefficient (Wildman–Crippen LogP) is 3.19. The highest BCUT2D eigenvalue weighted by Gasteiger charge is 2.17. The first-order valence-corrected chi connectivity index (χ1v) is 6.90. The molecule has 2 aromatic rings. The number of aliphatic carboxylic acids is 1. The van der Waals surface area contributed by atoms with Gasteiger partial charge in [-0.25, -0.2) is 9.18 Å². The number of hydrogen-bond donors (Lipinski definition) is 1. The maximum Gasteiger partial charge on any atom is 0.326 e. The zero-order valence-electron chi connectivity index (χ0n) is 12.1. The predicted molar refractivity (Wildman–Crippen MR) is 83.0 cm³/mol. The van der Waals surface area contributed by atoms with Crippen LogP contribution in [0.15, 0.2) is 47.4 Å².